The third-order valence-electron chi connectivity index (χ3n) is 6.26. The molecule has 2 aromatic carbocycles. The van der Waals surface area contributed by atoms with Gasteiger partial charge in [-0.25, -0.2) is 9.97 Å². The van der Waals surface area contributed by atoms with Crippen LogP contribution in [0.5, 0.6) is 0 Å². The van der Waals surface area contributed by atoms with Gasteiger partial charge in [-0.05, 0) is 62.2 Å². The van der Waals surface area contributed by atoms with Crippen LogP contribution in [-0.4, -0.2) is 32.2 Å². The number of anilines is 1. The Balaban J connectivity index is 1.46. The molecule has 0 radical (unpaired) electrons. The van der Waals surface area contributed by atoms with E-state index >= 15 is 0 Å². The van der Waals surface area contributed by atoms with Gasteiger partial charge in [0.05, 0.1) is 23.3 Å². The molecule has 4 aromatic rings. The van der Waals surface area contributed by atoms with Gasteiger partial charge in [0.25, 0.3) is 5.91 Å². The predicted octanol–water partition coefficient (Wildman–Crippen LogP) is 5.35. The number of hydrogen-bond donors (Lipinski definition) is 0. The van der Waals surface area contributed by atoms with Crippen LogP contribution >= 0.6 is 0 Å². The molecule has 1 aliphatic rings. The number of aromatic nitrogens is 4. The average Bonchev–Trinajstić information content (AvgIpc) is 3.14. The Bertz CT molecular complexity index is 1440. The number of nitrogens with zero attached hydrogens (tertiary/aromatic N) is 5. The van der Waals surface area contributed by atoms with Gasteiger partial charge < -0.3 is 4.90 Å². The highest BCUT2D eigenvalue weighted by molar-refractivity contribution is 6.07. The second-order valence-electron chi connectivity index (χ2n) is 8.42. The Kier molecular flexibility index (Phi) is 5.15. The molecular formula is C25H22F3N5O. The topological polar surface area (TPSA) is 63.9 Å². The lowest BCUT2D eigenvalue weighted by Crippen LogP contribution is -2.41. The molecule has 0 saturated carbocycles. The van der Waals surface area contributed by atoms with Gasteiger partial charge >= 0.3 is 6.18 Å². The molecule has 0 aliphatic carbocycles. The van der Waals surface area contributed by atoms with Crippen molar-refractivity contribution in [2.75, 3.05) is 11.4 Å². The lowest BCUT2D eigenvalue weighted by molar-refractivity contribution is -0.137. The van der Waals surface area contributed by atoms with Crippen molar-refractivity contribution in [2.24, 2.45) is 0 Å². The number of alkyl halides is 3. The first-order valence-corrected chi connectivity index (χ1v) is 11.0. The van der Waals surface area contributed by atoms with E-state index in [-0.39, 0.29) is 5.91 Å². The molecule has 1 amide bonds. The summed E-state index contributed by atoms with van der Waals surface area (Å²) in [6, 6.07) is 9.01. The Morgan fingerprint density at radius 2 is 1.85 bits per heavy atom. The molecule has 174 valence electrons. The number of benzene rings is 2. The minimum atomic E-state index is -4.42. The third kappa shape index (κ3) is 3.61. The zero-order chi connectivity index (χ0) is 24.2. The monoisotopic (exact) mass is 465 g/mol. The van der Waals surface area contributed by atoms with E-state index < -0.39 is 11.7 Å². The van der Waals surface area contributed by atoms with Crippen LogP contribution in [0.1, 0.15) is 39.8 Å². The standard InChI is InChI=1S/C25H22F3N5O/c1-4-19-15(3)22-24(34)32(9-10-33(22)31-19)21-8-5-16(11-14(21)2)23-29-13-17-12-18(25(26,27)28)6-7-20(17)30-23/h5-8,11-13H,4,9-10H2,1-3H3. The van der Waals surface area contributed by atoms with E-state index in [1.807, 2.05) is 39.0 Å². The maximum absolute atomic E-state index is 13.3. The van der Waals surface area contributed by atoms with Crippen LogP contribution in [0.2, 0.25) is 0 Å². The van der Waals surface area contributed by atoms with Crippen LogP contribution in [0.25, 0.3) is 22.3 Å². The fraction of sp³-hybridized carbons (Fsp3) is 0.280. The third-order valence-corrected chi connectivity index (χ3v) is 6.26. The van der Waals surface area contributed by atoms with E-state index in [4.69, 9.17) is 0 Å². The van der Waals surface area contributed by atoms with Crippen LogP contribution in [-0.2, 0) is 19.1 Å². The molecule has 1 aliphatic heterocycles. The number of rotatable bonds is 3. The van der Waals surface area contributed by atoms with Crippen molar-refractivity contribution in [3.63, 3.8) is 0 Å². The molecule has 9 heteroatoms. The summed E-state index contributed by atoms with van der Waals surface area (Å²) in [5, 5.41) is 4.88. The van der Waals surface area contributed by atoms with E-state index in [0.29, 0.717) is 35.5 Å². The lowest BCUT2D eigenvalue weighted by atomic mass is 10.1. The van der Waals surface area contributed by atoms with Crippen molar-refractivity contribution in [2.45, 2.75) is 39.9 Å². The SMILES string of the molecule is CCc1nn2c(c1C)C(=O)N(c1ccc(-c3ncc4cc(C(F)(F)F)ccc4n3)cc1C)CC2. The van der Waals surface area contributed by atoms with Gasteiger partial charge in [0.2, 0.25) is 0 Å². The first-order chi connectivity index (χ1) is 16.2. The van der Waals surface area contributed by atoms with Crippen LogP contribution < -0.4 is 4.90 Å². The largest absolute Gasteiger partial charge is 0.416 e. The van der Waals surface area contributed by atoms with Crippen molar-refractivity contribution in [1.82, 2.24) is 19.7 Å². The molecule has 2 aromatic heterocycles. The lowest BCUT2D eigenvalue weighted by Gasteiger charge is -2.29. The van der Waals surface area contributed by atoms with E-state index in [1.54, 1.807) is 9.58 Å². The Morgan fingerprint density at radius 3 is 2.56 bits per heavy atom. The zero-order valence-electron chi connectivity index (χ0n) is 18.9. The van der Waals surface area contributed by atoms with E-state index in [2.05, 4.69) is 15.1 Å². The van der Waals surface area contributed by atoms with Crippen LogP contribution in [0, 0.1) is 13.8 Å². The molecule has 0 bridgehead atoms. The van der Waals surface area contributed by atoms with E-state index in [9.17, 15) is 18.0 Å². The molecular weight excluding hydrogens is 443 g/mol. The minimum Gasteiger partial charge on any atom is -0.305 e. The maximum Gasteiger partial charge on any atom is 0.416 e. The van der Waals surface area contributed by atoms with Crippen molar-refractivity contribution < 1.29 is 18.0 Å². The van der Waals surface area contributed by atoms with Crippen molar-refractivity contribution >= 4 is 22.5 Å². The fourth-order valence-corrected chi connectivity index (χ4v) is 4.47. The minimum absolute atomic E-state index is 0.0748. The second kappa shape index (κ2) is 7.93. The summed E-state index contributed by atoms with van der Waals surface area (Å²) in [5.74, 6) is 0.336. The van der Waals surface area contributed by atoms with E-state index in [1.165, 1.54) is 12.3 Å². The molecule has 0 unspecified atom stereocenters. The van der Waals surface area contributed by atoms with Gasteiger partial charge in [-0.15, -0.1) is 0 Å². The number of amides is 1. The van der Waals surface area contributed by atoms with Gasteiger partial charge in [0, 0.05) is 34.9 Å². The Labute approximate surface area is 194 Å². The zero-order valence-corrected chi connectivity index (χ0v) is 18.9. The highest BCUT2D eigenvalue weighted by Crippen LogP contribution is 2.33. The maximum atomic E-state index is 13.3. The Hall–Kier alpha value is -3.75. The molecule has 6 nitrogen and oxygen atoms in total. The first-order valence-electron chi connectivity index (χ1n) is 11.0. The normalized spacial score (nSPS) is 14.1. The molecule has 5 rings (SSSR count). The second-order valence-corrected chi connectivity index (χ2v) is 8.42. The van der Waals surface area contributed by atoms with Crippen molar-refractivity contribution in [3.8, 4) is 11.4 Å². The quantitative estimate of drug-likeness (QED) is 0.409. The highest BCUT2D eigenvalue weighted by Gasteiger charge is 2.31. The molecule has 0 atom stereocenters. The first kappa shape index (κ1) is 22.1. The van der Waals surface area contributed by atoms with Gasteiger partial charge in [0.15, 0.2) is 5.82 Å². The molecule has 0 saturated heterocycles. The van der Waals surface area contributed by atoms with Gasteiger partial charge in [0.1, 0.15) is 5.69 Å². The van der Waals surface area contributed by atoms with Gasteiger partial charge in [-0.3, -0.25) is 9.48 Å². The summed E-state index contributed by atoms with van der Waals surface area (Å²) in [7, 11) is 0. The number of fused-ring (bicyclic) bond motifs is 2. The smallest absolute Gasteiger partial charge is 0.305 e. The summed E-state index contributed by atoms with van der Waals surface area (Å²) >= 11 is 0. The number of aryl methyl sites for hydroxylation is 2. The summed E-state index contributed by atoms with van der Waals surface area (Å²) in [5.41, 5.74) is 4.59. The van der Waals surface area contributed by atoms with Crippen LogP contribution in [0.3, 0.4) is 0 Å². The number of hydrogen-bond acceptors (Lipinski definition) is 4. The molecule has 0 fully saturated rings. The summed E-state index contributed by atoms with van der Waals surface area (Å²) < 4.78 is 40.7. The van der Waals surface area contributed by atoms with E-state index in [0.717, 1.165) is 46.6 Å². The number of carbonyl (C=O) groups is 1. The van der Waals surface area contributed by atoms with Crippen LogP contribution in [0.4, 0.5) is 18.9 Å². The highest BCUT2D eigenvalue weighted by atomic mass is 19.4. The Morgan fingerprint density at radius 1 is 1.06 bits per heavy atom. The molecule has 34 heavy (non-hydrogen) atoms. The van der Waals surface area contributed by atoms with Crippen molar-refractivity contribution in [1.29, 1.82) is 0 Å². The summed E-state index contributed by atoms with van der Waals surface area (Å²) in [6.45, 7) is 7.01. The summed E-state index contributed by atoms with van der Waals surface area (Å²) in [6.07, 6.45) is -2.24. The fourth-order valence-electron chi connectivity index (χ4n) is 4.47. The number of halogens is 3. The predicted molar refractivity (Wildman–Crippen MR) is 123 cm³/mol. The molecule has 0 spiro atoms. The molecule has 3 heterocycles. The van der Waals surface area contributed by atoms with Crippen LogP contribution in [0.15, 0.2) is 42.6 Å². The number of carbonyl (C=O) groups excluding carboxylic acids is 1. The van der Waals surface area contributed by atoms with Gasteiger partial charge in [-0.1, -0.05) is 6.92 Å². The average molecular weight is 465 g/mol. The van der Waals surface area contributed by atoms with Crippen molar-refractivity contribution in [3.05, 3.63) is 70.7 Å². The van der Waals surface area contributed by atoms with Gasteiger partial charge in [-0.2, -0.15) is 18.3 Å². The molecule has 0 N–H and O–H groups in total. The summed E-state index contributed by atoms with van der Waals surface area (Å²) in [4.78, 5) is 23.8.